The lowest BCUT2D eigenvalue weighted by Crippen LogP contribution is -2.40. The number of fused-ring (bicyclic) bond motifs is 1. The first kappa shape index (κ1) is 9.34. The van der Waals surface area contributed by atoms with Gasteiger partial charge in [-0.25, -0.2) is 0 Å². The van der Waals surface area contributed by atoms with Crippen LogP contribution in [0.5, 0.6) is 11.5 Å². The van der Waals surface area contributed by atoms with E-state index in [-0.39, 0.29) is 11.4 Å². The third-order valence-corrected chi connectivity index (χ3v) is 2.52. The Balaban J connectivity index is 2.25. The summed E-state index contributed by atoms with van der Waals surface area (Å²) in [5.41, 5.74) is 0.991. The van der Waals surface area contributed by atoms with E-state index >= 15 is 0 Å². The molecule has 1 unspecified atom stereocenters. The van der Waals surface area contributed by atoms with Crippen LogP contribution in [0.1, 0.15) is 12.5 Å². The van der Waals surface area contributed by atoms with Crippen LogP contribution in [-0.4, -0.2) is 24.3 Å². The number of ether oxygens (including phenoxy) is 1. The standard InChI is InChI=1S/C11H15NO2/c1-11(7-12-2)6-8-3-4-9(13)5-10(8)14-11/h3-5,12-13H,6-7H2,1-2H3. The molecule has 3 heteroatoms. The van der Waals surface area contributed by atoms with Gasteiger partial charge in [-0.1, -0.05) is 6.07 Å². The summed E-state index contributed by atoms with van der Waals surface area (Å²) in [7, 11) is 1.91. The molecule has 0 saturated carbocycles. The minimum absolute atomic E-state index is 0.176. The molecular weight excluding hydrogens is 178 g/mol. The molecule has 2 N–H and O–H groups in total. The smallest absolute Gasteiger partial charge is 0.127 e. The molecule has 76 valence electrons. The molecule has 0 amide bonds. The van der Waals surface area contributed by atoms with Crippen LogP contribution in [0.15, 0.2) is 18.2 Å². The van der Waals surface area contributed by atoms with Crippen molar-refractivity contribution in [3.63, 3.8) is 0 Å². The number of rotatable bonds is 2. The highest BCUT2D eigenvalue weighted by Crippen LogP contribution is 2.36. The van der Waals surface area contributed by atoms with Crippen LogP contribution in [0.4, 0.5) is 0 Å². The number of hydrogen-bond acceptors (Lipinski definition) is 3. The zero-order valence-electron chi connectivity index (χ0n) is 8.50. The highest BCUT2D eigenvalue weighted by Gasteiger charge is 2.34. The fourth-order valence-corrected chi connectivity index (χ4v) is 1.96. The van der Waals surface area contributed by atoms with Crippen LogP contribution in [-0.2, 0) is 6.42 Å². The van der Waals surface area contributed by atoms with Gasteiger partial charge in [-0.3, -0.25) is 0 Å². The fourth-order valence-electron chi connectivity index (χ4n) is 1.96. The highest BCUT2D eigenvalue weighted by molar-refractivity contribution is 5.44. The van der Waals surface area contributed by atoms with Crippen molar-refractivity contribution in [1.29, 1.82) is 0 Å². The van der Waals surface area contributed by atoms with E-state index in [0.29, 0.717) is 0 Å². The van der Waals surface area contributed by atoms with Gasteiger partial charge in [0.1, 0.15) is 17.1 Å². The van der Waals surface area contributed by atoms with E-state index in [0.717, 1.165) is 18.7 Å². The average Bonchev–Trinajstić information content (AvgIpc) is 2.40. The van der Waals surface area contributed by atoms with Crippen molar-refractivity contribution in [2.75, 3.05) is 13.6 Å². The maximum absolute atomic E-state index is 9.30. The zero-order chi connectivity index (χ0) is 10.2. The van der Waals surface area contributed by atoms with E-state index in [9.17, 15) is 5.11 Å². The molecule has 1 aliphatic heterocycles. The first-order chi connectivity index (χ1) is 6.63. The van der Waals surface area contributed by atoms with Crippen molar-refractivity contribution in [2.45, 2.75) is 18.9 Å². The summed E-state index contributed by atoms with van der Waals surface area (Å²) in [4.78, 5) is 0. The number of nitrogens with one attached hydrogen (secondary N) is 1. The Morgan fingerprint density at radius 3 is 3.07 bits per heavy atom. The van der Waals surface area contributed by atoms with Crippen molar-refractivity contribution < 1.29 is 9.84 Å². The first-order valence-electron chi connectivity index (χ1n) is 4.78. The van der Waals surface area contributed by atoms with Crippen molar-refractivity contribution in [3.05, 3.63) is 23.8 Å². The third kappa shape index (κ3) is 1.55. The number of phenolic OH excluding ortho intramolecular Hbond substituents is 1. The predicted molar refractivity (Wildman–Crippen MR) is 54.8 cm³/mol. The third-order valence-electron chi connectivity index (χ3n) is 2.52. The van der Waals surface area contributed by atoms with Crippen LogP contribution >= 0.6 is 0 Å². The zero-order valence-corrected chi connectivity index (χ0v) is 8.50. The summed E-state index contributed by atoms with van der Waals surface area (Å²) in [5, 5.41) is 12.4. The van der Waals surface area contributed by atoms with Crippen LogP contribution in [0.25, 0.3) is 0 Å². The van der Waals surface area contributed by atoms with Gasteiger partial charge in [0.25, 0.3) is 0 Å². The second kappa shape index (κ2) is 3.17. The monoisotopic (exact) mass is 193 g/mol. The largest absolute Gasteiger partial charge is 0.508 e. The van der Waals surface area contributed by atoms with Gasteiger partial charge in [0.05, 0.1) is 0 Å². The van der Waals surface area contributed by atoms with Gasteiger partial charge in [0.2, 0.25) is 0 Å². The van der Waals surface area contributed by atoms with Gasteiger partial charge in [-0.15, -0.1) is 0 Å². The molecule has 1 aromatic carbocycles. The Morgan fingerprint density at radius 2 is 2.36 bits per heavy atom. The minimum Gasteiger partial charge on any atom is -0.508 e. The number of likely N-dealkylation sites (N-methyl/N-ethyl adjacent to an activating group) is 1. The van der Waals surface area contributed by atoms with Gasteiger partial charge in [-0.2, -0.15) is 0 Å². The second-order valence-electron chi connectivity index (χ2n) is 4.05. The molecule has 0 spiro atoms. The molecule has 1 atom stereocenters. The van der Waals surface area contributed by atoms with Gasteiger partial charge >= 0.3 is 0 Å². The topological polar surface area (TPSA) is 41.5 Å². The summed E-state index contributed by atoms with van der Waals surface area (Å²) in [6, 6.07) is 5.30. The molecule has 14 heavy (non-hydrogen) atoms. The first-order valence-corrected chi connectivity index (χ1v) is 4.78. The lowest BCUT2D eigenvalue weighted by Gasteiger charge is -2.23. The lowest BCUT2D eigenvalue weighted by atomic mass is 9.99. The molecule has 1 aliphatic rings. The average molecular weight is 193 g/mol. The van der Waals surface area contributed by atoms with Crippen LogP contribution in [0.2, 0.25) is 0 Å². The van der Waals surface area contributed by atoms with E-state index in [1.54, 1.807) is 12.1 Å². The number of benzene rings is 1. The molecule has 0 fully saturated rings. The molecule has 0 aliphatic carbocycles. The summed E-state index contributed by atoms with van der Waals surface area (Å²) in [6.07, 6.45) is 0.892. The quantitative estimate of drug-likeness (QED) is 0.744. The molecule has 2 rings (SSSR count). The summed E-state index contributed by atoms with van der Waals surface area (Å²) < 4.78 is 5.79. The Kier molecular flexibility index (Phi) is 2.11. The fraction of sp³-hybridized carbons (Fsp3) is 0.455. The Hall–Kier alpha value is -1.22. The van der Waals surface area contributed by atoms with Gasteiger partial charge in [-0.05, 0) is 25.6 Å². The Bertz CT molecular complexity index is 351. The number of hydrogen-bond donors (Lipinski definition) is 2. The summed E-state index contributed by atoms with van der Waals surface area (Å²) in [6.45, 7) is 2.88. The van der Waals surface area contributed by atoms with E-state index < -0.39 is 0 Å². The Labute approximate surface area is 83.7 Å². The normalized spacial score (nSPS) is 24.4. The number of phenols is 1. The van der Waals surface area contributed by atoms with E-state index in [4.69, 9.17) is 4.74 Å². The van der Waals surface area contributed by atoms with Gasteiger partial charge in [0, 0.05) is 19.0 Å². The highest BCUT2D eigenvalue weighted by atomic mass is 16.5. The van der Waals surface area contributed by atoms with Gasteiger partial charge < -0.3 is 15.2 Å². The lowest BCUT2D eigenvalue weighted by molar-refractivity contribution is 0.117. The maximum Gasteiger partial charge on any atom is 0.127 e. The molecule has 0 saturated heterocycles. The molecule has 0 bridgehead atoms. The molecule has 0 aromatic heterocycles. The number of aromatic hydroxyl groups is 1. The van der Waals surface area contributed by atoms with Crippen molar-refractivity contribution >= 4 is 0 Å². The molecule has 1 aromatic rings. The molecular formula is C11H15NO2. The van der Waals surface area contributed by atoms with Crippen LogP contribution in [0, 0.1) is 0 Å². The van der Waals surface area contributed by atoms with E-state index in [1.807, 2.05) is 13.1 Å². The molecule has 1 heterocycles. The van der Waals surface area contributed by atoms with E-state index in [2.05, 4.69) is 12.2 Å². The van der Waals surface area contributed by atoms with Crippen LogP contribution in [0.3, 0.4) is 0 Å². The predicted octanol–water partition coefficient (Wildman–Crippen LogP) is 1.31. The van der Waals surface area contributed by atoms with E-state index in [1.165, 1.54) is 5.56 Å². The Morgan fingerprint density at radius 1 is 1.57 bits per heavy atom. The van der Waals surface area contributed by atoms with Crippen molar-refractivity contribution in [2.24, 2.45) is 0 Å². The second-order valence-corrected chi connectivity index (χ2v) is 4.05. The van der Waals surface area contributed by atoms with Crippen molar-refractivity contribution in [3.8, 4) is 11.5 Å². The van der Waals surface area contributed by atoms with Crippen LogP contribution < -0.4 is 10.1 Å². The SMILES string of the molecule is CNCC1(C)Cc2ccc(O)cc2O1. The molecule has 3 nitrogen and oxygen atoms in total. The van der Waals surface area contributed by atoms with Crippen molar-refractivity contribution in [1.82, 2.24) is 5.32 Å². The summed E-state index contributed by atoms with van der Waals surface area (Å²) in [5.74, 6) is 1.07. The van der Waals surface area contributed by atoms with Gasteiger partial charge in [0.15, 0.2) is 0 Å². The summed E-state index contributed by atoms with van der Waals surface area (Å²) >= 11 is 0. The molecule has 0 radical (unpaired) electrons. The maximum atomic E-state index is 9.30. The minimum atomic E-state index is -0.176.